The van der Waals surface area contributed by atoms with Crippen LogP contribution in [0.15, 0.2) is 24.3 Å². The number of nitrogens with zero attached hydrogens (tertiary/aromatic N) is 1. The number of para-hydroxylation sites is 1. The molecule has 1 aliphatic rings. The molecule has 2 amide bonds. The van der Waals surface area contributed by atoms with Crippen molar-refractivity contribution in [1.29, 1.82) is 0 Å². The van der Waals surface area contributed by atoms with Crippen LogP contribution in [0.25, 0.3) is 0 Å². The number of primary amides is 1. The number of carboxylic acid groups (broad SMARTS) is 1. The standard InChI is InChI=1S/C10H10N2O3/c11-10(15)12-5-7(9(13)14)6-3-1-2-4-8(6)12/h1-4,7H,5H2,(H2,11,15)(H,13,14). The van der Waals surface area contributed by atoms with Crippen molar-refractivity contribution in [2.45, 2.75) is 5.92 Å². The SMILES string of the molecule is NC(=O)N1CC(C(=O)O)c2ccccc21. The molecule has 5 nitrogen and oxygen atoms in total. The molecule has 1 aromatic rings. The van der Waals surface area contributed by atoms with Crippen molar-refractivity contribution in [3.63, 3.8) is 0 Å². The van der Waals surface area contributed by atoms with Crippen molar-refractivity contribution in [3.05, 3.63) is 29.8 Å². The predicted octanol–water partition coefficient (Wildman–Crippen LogP) is 0.753. The maximum atomic E-state index is 11.1. The lowest BCUT2D eigenvalue weighted by molar-refractivity contribution is -0.138. The fraction of sp³-hybridized carbons (Fsp3) is 0.200. The van der Waals surface area contributed by atoms with Gasteiger partial charge in [0.1, 0.15) is 5.92 Å². The zero-order valence-corrected chi connectivity index (χ0v) is 7.88. The number of hydrogen-bond acceptors (Lipinski definition) is 2. The summed E-state index contributed by atoms with van der Waals surface area (Å²) in [6.07, 6.45) is 0. The molecule has 1 aromatic carbocycles. The van der Waals surface area contributed by atoms with Gasteiger partial charge in [-0.25, -0.2) is 4.79 Å². The van der Waals surface area contributed by atoms with Crippen molar-refractivity contribution in [1.82, 2.24) is 0 Å². The second-order valence-electron chi connectivity index (χ2n) is 3.40. The van der Waals surface area contributed by atoms with Gasteiger partial charge < -0.3 is 10.8 Å². The molecule has 1 heterocycles. The van der Waals surface area contributed by atoms with Crippen LogP contribution in [-0.2, 0) is 4.79 Å². The molecule has 0 saturated carbocycles. The highest BCUT2D eigenvalue weighted by molar-refractivity contribution is 5.97. The number of amides is 2. The van der Waals surface area contributed by atoms with Gasteiger partial charge in [-0.1, -0.05) is 18.2 Å². The number of urea groups is 1. The molecular weight excluding hydrogens is 196 g/mol. The van der Waals surface area contributed by atoms with Crippen molar-refractivity contribution in [2.24, 2.45) is 5.73 Å². The van der Waals surface area contributed by atoms with Crippen LogP contribution >= 0.6 is 0 Å². The quantitative estimate of drug-likeness (QED) is 0.711. The van der Waals surface area contributed by atoms with Gasteiger partial charge in [0.25, 0.3) is 0 Å². The molecule has 0 aromatic heterocycles. The van der Waals surface area contributed by atoms with Crippen molar-refractivity contribution >= 4 is 17.7 Å². The van der Waals surface area contributed by atoms with Gasteiger partial charge in [0.2, 0.25) is 0 Å². The molecule has 0 bridgehead atoms. The van der Waals surface area contributed by atoms with E-state index in [1.54, 1.807) is 24.3 Å². The molecule has 0 fully saturated rings. The van der Waals surface area contributed by atoms with Crippen LogP contribution in [0, 0.1) is 0 Å². The van der Waals surface area contributed by atoms with Crippen LogP contribution in [0.2, 0.25) is 0 Å². The maximum absolute atomic E-state index is 11.1. The van der Waals surface area contributed by atoms with Crippen LogP contribution in [0.5, 0.6) is 0 Å². The minimum absolute atomic E-state index is 0.115. The Labute approximate surface area is 86.1 Å². The van der Waals surface area contributed by atoms with Crippen LogP contribution in [0.4, 0.5) is 10.5 Å². The summed E-state index contributed by atoms with van der Waals surface area (Å²) in [6, 6.07) is 6.28. The average Bonchev–Trinajstić information content (AvgIpc) is 2.56. The number of carbonyl (C=O) groups excluding carboxylic acids is 1. The number of benzene rings is 1. The fourth-order valence-electron chi connectivity index (χ4n) is 1.83. The van der Waals surface area contributed by atoms with E-state index in [1.807, 2.05) is 0 Å². The summed E-state index contributed by atoms with van der Waals surface area (Å²) in [7, 11) is 0. The zero-order valence-electron chi connectivity index (χ0n) is 7.88. The van der Waals surface area contributed by atoms with E-state index in [2.05, 4.69) is 0 Å². The van der Waals surface area contributed by atoms with Crippen LogP contribution in [0.1, 0.15) is 11.5 Å². The number of carboxylic acids is 1. The Morgan fingerprint density at radius 3 is 2.67 bits per heavy atom. The molecule has 0 spiro atoms. The smallest absolute Gasteiger partial charge is 0.319 e. The zero-order chi connectivity index (χ0) is 11.0. The third-order valence-electron chi connectivity index (χ3n) is 2.53. The molecule has 5 heteroatoms. The second-order valence-corrected chi connectivity index (χ2v) is 3.40. The molecule has 15 heavy (non-hydrogen) atoms. The minimum Gasteiger partial charge on any atom is -0.481 e. The average molecular weight is 206 g/mol. The van der Waals surface area contributed by atoms with Gasteiger partial charge in [-0.15, -0.1) is 0 Å². The topological polar surface area (TPSA) is 83.6 Å². The second kappa shape index (κ2) is 3.27. The largest absolute Gasteiger partial charge is 0.481 e. The summed E-state index contributed by atoms with van der Waals surface area (Å²) in [5.74, 6) is -1.61. The molecule has 2 rings (SSSR count). The predicted molar refractivity (Wildman–Crippen MR) is 53.7 cm³/mol. The molecule has 0 aliphatic carbocycles. The number of nitrogens with two attached hydrogens (primary N) is 1. The highest BCUT2D eigenvalue weighted by Gasteiger charge is 2.35. The molecule has 1 aliphatic heterocycles. The number of aliphatic carboxylic acids is 1. The van der Waals surface area contributed by atoms with Crippen molar-refractivity contribution < 1.29 is 14.7 Å². The highest BCUT2D eigenvalue weighted by atomic mass is 16.4. The molecule has 0 saturated heterocycles. The summed E-state index contributed by atoms with van der Waals surface area (Å²) in [5.41, 5.74) is 6.41. The van der Waals surface area contributed by atoms with Crippen LogP contribution < -0.4 is 10.6 Å². The number of carbonyl (C=O) groups is 2. The van der Waals surface area contributed by atoms with E-state index in [0.29, 0.717) is 11.3 Å². The van der Waals surface area contributed by atoms with Gasteiger partial charge in [0, 0.05) is 12.2 Å². The third kappa shape index (κ3) is 1.41. The minimum atomic E-state index is -0.939. The maximum Gasteiger partial charge on any atom is 0.319 e. The summed E-state index contributed by atoms with van der Waals surface area (Å²) in [4.78, 5) is 23.3. The van der Waals surface area contributed by atoms with Gasteiger partial charge in [-0.05, 0) is 11.6 Å². The van der Waals surface area contributed by atoms with Gasteiger partial charge in [0.15, 0.2) is 0 Å². The number of rotatable bonds is 1. The van der Waals surface area contributed by atoms with Crippen LogP contribution in [0.3, 0.4) is 0 Å². The van der Waals surface area contributed by atoms with E-state index < -0.39 is 17.9 Å². The van der Waals surface area contributed by atoms with E-state index in [-0.39, 0.29) is 6.54 Å². The van der Waals surface area contributed by atoms with Gasteiger partial charge in [0.05, 0.1) is 0 Å². The highest BCUT2D eigenvalue weighted by Crippen LogP contribution is 2.35. The van der Waals surface area contributed by atoms with E-state index in [0.717, 1.165) is 0 Å². The van der Waals surface area contributed by atoms with E-state index in [4.69, 9.17) is 10.8 Å². The van der Waals surface area contributed by atoms with E-state index in [1.165, 1.54) is 4.90 Å². The Bertz CT molecular complexity index is 391. The van der Waals surface area contributed by atoms with Gasteiger partial charge in [-0.2, -0.15) is 0 Å². The Balaban J connectivity index is 2.48. The van der Waals surface area contributed by atoms with Crippen molar-refractivity contribution in [2.75, 3.05) is 11.4 Å². The van der Waals surface area contributed by atoms with E-state index >= 15 is 0 Å². The van der Waals surface area contributed by atoms with E-state index in [9.17, 15) is 9.59 Å². The Hall–Kier alpha value is -2.04. The summed E-state index contributed by atoms with van der Waals surface area (Å²) in [6.45, 7) is 0.115. The number of hydrogen-bond donors (Lipinski definition) is 2. The third-order valence-corrected chi connectivity index (χ3v) is 2.53. The molecule has 78 valence electrons. The fourth-order valence-corrected chi connectivity index (χ4v) is 1.83. The number of anilines is 1. The first-order valence-electron chi connectivity index (χ1n) is 4.50. The monoisotopic (exact) mass is 206 g/mol. The van der Waals surface area contributed by atoms with Crippen molar-refractivity contribution in [3.8, 4) is 0 Å². The summed E-state index contributed by atoms with van der Waals surface area (Å²) >= 11 is 0. The first-order valence-corrected chi connectivity index (χ1v) is 4.50. The lowest BCUT2D eigenvalue weighted by atomic mass is 10.0. The Morgan fingerprint density at radius 1 is 1.40 bits per heavy atom. The lowest BCUT2D eigenvalue weighted by Crippen LogP contribution is -2.35. The first kappa shape index (κ1) is 9.51. The molecule has 1 unspecified atom stereocenters. The molecule has 1 atom stereocenters. The van der Waals surface area contributed by atoms with Gasteiger partial charge in [-0.3, -0.25) is 9.69 Å². The Kier molecular flexibility index (Phi) is 2.07. The molecular formula is C10H10N2O3. The van der Waals surface area contributed by atoms with Gasteiger partial charge >= 0.3 is 12.0 Å². The number of fused-ring (bicyclic) bond motifs is 1. The van der Waals surface area contributed by atoms with Crippen LogP contribution in [-0.4, -0.2) is 23.7 Å². The Morgan fingerprint density at radius 2 is 2.07 bits per heavy atom. The lowest BCUT2D eigenvalue weighted by Gasteiger charge is -2.13. The summed E-state index contributed by atoms with van der Waals surface area (Å²) in [5, 5.41) is 8.98. The summed E-state index contributed by atoms with van der Waals surface area (Å²) < 4.78 is 0. The normalized spacial score (nSPS) is 18.7. The molecule has 3 N–H and O–H groups in total. The first-order chi connectivity index (χ1) is 7.11. The molecule has 0 radical (unpaired) electrons.